The molecule has 2 unspecified atom stereocenters. The minimum atomic E-state index is -0.645. The number of anilines is 1. The number of para-hydroxylation sites is 1. The maximum Gasteiger partial charge on any atom is 0.263 e. The predicted octanol–water partition coefficient (Wildman–Crippen LogP) is 5.82. The molecule has 2 atom stereocenters. The molecule has 0 spiro atoms. The molecule has 170 valence electrons. The van der Waals surface area contributed by atoms with E-state index in [-0.39, 0.29) is 11.8 Å². The molecule has 0 radical (unpaired) electrons. The summed E-state index contributed by atoms with van der Waals surface area (Å²) in [6.45, 7) is 1.93. The van der Waals surface area contributed by atoms with Gasteiger partial charge in [-0.2, -0.15) is 0 Å². The van der Waals surface area contributed by atoms with Crippen LogP contribution in [0, 0.1) is 0 Å². The van der Waals surface area contributed by atoms with Gasteiger partial charge in [0.15, 0.2) is 11.2 Å². The molecule has 2 aliphatic heterocycles. The third-order valence-corrected chi connectivity index (χ3v) is 7.14. The number of amides is 2. The van der Waals surface area contributed by atoms with E-state index in [4.69, 9.17) is 21.6 Å². The summed E-state index contributed by atoms with van der Waals surface area (Å²) in [6.07, 6.45) is 0.550. The standard InChI is InChI=1S/C26H21ClN4O2S/c1-2-21(24(32)28-18-12-8-11-17(27)15-18)34-26-29-20-14-7-6-13-19(20)23-30-22(25(33)31(23)26)16-9-4-3-5-10-16/h3-15,21-22H,2H2,1H3,(H,28,32). The van der Waals surface area contributed by atoms with Crippen LogP contribution >= 0.6 is 23.4 Å². The molecule has 3 aromatic carbocycles. The third-order valence-electron chi connectivity index (χ3n) is 5.59. The molecular weight excluding hydrogens is 468 g/mol. The van der Waals surface area contributed by atoms with Crippen molar-refractivity contribution < 1.29 is 9.59 Å². The highest BCUT2D eigenvalue weighted by molar-refractivity contribution is 8.15. The number of nitrogens with zero attached hydrogens (tertiary/aromatic N) is 3. The van der Waals surface area contributed by atoms with E-state index in [1.807, 2.05) is 61.5 Å². The Morgan fingerprint density at radius 1 is 1.09 bits per heavy atom. The number of halogens is 1. The third kappa shape index (κ3) is 4.24. The lowest BCUT2D eigenvalue weighted by molar-refractivity contribution is -0.124. The second-order valence-corrected chi connectivity index (χ2v) is 9.47. The van der Waals surface area contributed by atoms with Crippen LogP contribution in [-0.2, 0) is 9.59 Å². The number of thioether (sulfide) groups is 1. The first-order valence-corrected chi connectivity index (χ1v) is 12.2. The van der Waals surface area contributed by atoms with Gasteiger partial charge in [0.05, 0.1) is 10.9 Å². The number of rotatable bonds is 5. The Morgan fingerprint density at radius 2 is 1.85 bits per heavy atom. The van der Waals surface area contributed by atoms with Gasteiger partial charge in [-0.05, 0) is 42.3 Å². The van der Waals surface area contributed by atoms with Gasteiger partial charge in [0, 0.05) is 16.3 Å². The predicted molar refractivity (Wildman–Crippen MR) is 138 cm³/mol. The fourth-order valence-electron chi connectivity index (χ4n) is 3.92. The van der Waals surface area contributed by atoms with Crippen LogP contribution in [0.25, 0.3) is 0 Å². The van der Waals surface area contributed by atoms with Crippen molar-refractivity contribution in [2.75, 3.05) is 5.32 Å². The highest BCUT2D eigenvalue weighted by atomic mass is 35.5. The average molecular weight is 489 g/mol. The van der Waals surface area contributed by atoms with E-state index in [0.717, 1.165) is 16.8 Å². The van der Waals surface area contributed by atoms with Crippen LogP contribution in [0.2, 0.25) is 5.02 Å². The fraction of sp³-hybridized carbons (Fsp3) is 0.154. The van der Waals surface area contributed by atoms with Crippen LogP contribution in [-0.4, -0.2) is 33.0 Å². The highest BCUT2D eigenvalue weighted by Gasteiger charge is 2.43. The summed E-state index contributed by atoms with van der Waals surface area (Å²) >= 11 is 7.32. The normalized spacial score (nSPS) is 17.4. The number of carbonyl (C=O) groups excluding carboxylic acids is 2. The Bertz CT molecular complexity index is 1330. The molecule has 2 amide bonds. The van der Waals surface area contributed by atoms with E-state index in [2.05, 4.69) is 5.32 Å². The molecule has 5 rings (SSSR count). The van der Waals surface area contributed by atoms with Crippen LogP contribution < -0.4 is 5.32 Å². The number of fused-ring (bicyclic) bond motifs is 3. The van der Waals surface area contributed by atoms with Crippen molar-refractivity contribution in [1.29, 1.82) is 0 Å². The Morgan fingerprint density at radius 3 is 2.62 bits per heavy atom. The van der Waals surface area contributed by atoms with Gasteiger partial charge in [0.25, 0.3) is 5.91 Å². The van der Waals surface area contributed by atoms with Gasteiger partial charge in [0.2, 0.25) is 5.91 Å². The number of amidine groups is 2. The van der Waals surface area contributed by atoms with Crippen molar-refractivity contribution in [3.63, 3.8) is 0 Å². The summed E-state index contributed by atoms with van der Waals surface area (Å²) in [7, 11) is 0. The smallest absolute Gasteiger partial charge is 0.263 e. The van der Waals surface area contributed by atoms with E-state index < -0.39 is 11.3 Å². The summed E-state index contributed by atoms with van der Waals surface area (Å²) in [5.41, 5.74) is 2.97. The lowest BCUT2D eigenvalue weighted by Gasteiger charge is -2.27. The summed E-state index contributed by atoms with van der Waals surface area (Å²) in [4.78, 5) is 37.7. The fourth-order valence-corrected chi connectivity index (χ4v) is 5.13. The van der Waals surface area contributed by atoms with Crippen LogP contribution in [0.3, 0.4) is 0 Å². The molecule has 8 heteroatoms. The van der Waals surface area contributed by atoms with Crippen LogP contribution in [0.15, 0.2) is 88.8 Å². The van der Waals surface area contributed by atoms with Gasteiger partial charge in [-0.1, -0.05) is 78.8 Å². The van der Waals surface area contributed by atoms with Gasteiger partial charge >= 0.3 is 0 Å². The van der Waals surface area contributed by atoms with Gasteiger partial charge in [-0.25, -0.2) is 14.9 Å². The Kier molecular flexibility index (Phi) is 6.22. The number of benzene rings is 3. The van der Waals surface area contributed by atoms with Crippen molar-refractivity contribution >= 4 is 57.6 Å². The first-order chi connectivity index (χ1) is 16.5. The van der Waals surface area contributed by atoms with Crippen molar-refractivity contribution in [1.82, 2.24) is 4.90 Å². The Balaban J connectivity index is 1.46. The second-order valence-electron chi connectivity index (χ2n) is 7.87. The zero-order valence-corrected chi connectivity index (χ0v) is 19.9. The second kappa shape index (κ2) is 9.44. The monoisotopic (exact) mass is 488 g/mol. The lowest BCUT2D eigenvalue weighted by Crippen LogP contribution is -2.41. The Hall–Kier alpha value is -3.42. The van der Waals surface area contributed by atoms with Gasteiger partial charge in [-0.3, -0.25) is 9.59 Å². The van der Waals surface area contributed by atoms with Gasteiger partial charge in [-0.15, -0.1) is 0 Å². The lowest BCUT2D eigenvalue weighted by atomic mass is 10.1. The molecule has 3 aromatic rings. The molecular formula is C26H21ClN4O2S. The van der Waals surface area contributed by atoms with Crippen LogP contribution in [0.5, 0.6) is 0 Å². The van der Waals surface area contributed by atoms with Crippen LogP contribution in [0.1, 0.15) is 30.5 Å². The first kappa shape index (κ1) is 22.4. The number of hydrogen-bond acceptors (Lipinski definition) is 5. The van der Waals surface area contributed by atoms with E-state index in [1.54, 1.807) is 29.2 Å². The molecule has 1 N–H and O–H groups in total. The van der Waals surface area contributed by atoms with Gasteiger partial charge in [0.1, 0.15) is 5.84 Å². The number of carbonyl (C=O) groups is 2. The molecule has 0 aromatic heterocycles. The van der Waals surface area contributed by atoms with E-state index >= 15 is 0 Å². The van der Waals surface area contributed by atoms with Gasteiger partial charge < -0.3 is 5.32 Å². The molecule has 0 bridgehead atoms. The largest absolute Gasteiger partial charge is 0.325 e. The number of nitrogens with one attached hydrogen (secondary N) is 1. The van der Waals surface area contributed by atoms with Crippen molar-refractivity contribution in [2.24, 2.45) is 9.98 Å². The minimum absolute atomic E-state index is 0.174. The van der Waals surface area contributed by atoms with E-state index in [1.165, 1.54) is 11.8 Å². The molecule has 6 nitrogen and oxygen atoms in total. The molecule has 2 heterocycles. The Labute approximate surface area is 206 Å². The summed E-state index contributed by atoms with van der Waals surface area (Å²) < 4.78 is 0. The quantitative estimate of drug-likeness (QED) is 0.491. The first-order valence-electron chi connectivity index (χ1n) is 10.9. The zero-order valence-electron chi connectivity index (χ0n) is 18.3. The molecule has 0 aliphatic carbocycles. The molecule has 0 saturated carbocycles. The highest BCUT2D eigenvalue weighted by Crippen LogP contribution is 2.38. The molecule has 34 heavy (non-hydrogen) atoms. The zero-order chi connectivity index (χ0) is 23.7. The van der Waals surface area contributed by atoms with Crippen LogP contribution in [0.4, 0.5) is 11.4 Å². The van der Waals surface area contributed by atoms with Crippen molar-refractivity contribution in [3.8, 4) is 0 Å². The molecule has 2 aliphatic rings. The van der Waals surface area contributed by atoms with Crippen molar-refractivity contribution in [2.45, 2.75) is 24.6 Å². The van der Waals surface area contributed by atoms with Crippen molar-refractivity contribution in [3.05, 3.63) is 95.0 Å². The maximum absolute atomic E-state index is 13.5. The van der Waals surface area contributed by atoms with E-state index in [0.29, 0.717) is 28.1 Å². The summed E-state index contributed by atoms with van der Waals surface area (Å²) in [6, 6.07) is 23.5. The SMILES string of the molecule is CCC(SC1=Nc2ccccc2C2=NC(c3ccccc3)C(=O)N12)C(=O)Nc1cccc(Cl)c1. The summed E-state index contributed by atoms with van der Waals surface area (Å²) in [5.74, 6) is 0.213. The number of hydrogen-bond donors (Lipinski definition) is 1. The van der Waals surface area contributed by atoms with E-state index in [9.17, 15) is 9.59 Å². The maximum atomic E-state index is 13.5. The molecule has 0 fully saturated rings. The average Bonchev–Trinajstić information content (AvgIpc) is 3.20. The summed E-state index contributed by atoms with van der Waals surface area (Å²) in [5, 5.41) is 3.45. The topological polar surface area (TPSA) is 74.1 Å². The number of aliphatic imine (C=N–C) groups is 2. The minimum Gasteiger partial charge on any atom is -0.325 e. The molecule has 0 saturated heterocycles.